The fourth-order valence-corrected chi connectivity index (χ4v) is 6.07. The van der Waals surface area contributed by atoms with Crippen molar-refractivity contribution in [3.05, 3.63) is 35.4 Å². The number of nitrogens with one attached hydrogen (secondary N) is 1. The first-order chi connectivity index (χ1) is 18.4. The second-order valence-corrected chi connectivity index (χ2v) is 10.1. The zero-order chi connectivity index (χ0) is 27.8. The Morgan fingerprint density at radius 1 is 0.605 bits per heavy atom. The maximum Gasteiger partial charge on any atom is 0.203 e. The van der Waals surface area contributed by atoms with Crippen molar-refractivity contribution in [3.8, 4) is 34.5 Å². The number of hydrogen-bond donors (Lipinski definition) is 2. The summed E-state index contributed by atoms with van der Waals surface area (Å²) in [4.78, 5) is 0. The fourth-order valence-electron chi connectivity index (χ4n) is 6.07. The third kappa shape index (κ3) is 5.76. The van der Waals surface area contributed by atoms with Crippen molar-refractivity contribution in [3.63, 3.8) is 0 Å². The van der Waals surface area contributed by atoms with Gasteiger partial charge in [-0.3, -0.25) is 0 Å². The van der Waals surface area contributed by atoms with Crippen molar-refractivity contribution in [2.45, 2.75) is 62.3 Å². The van der Waals surface area contributed by atoms with Gasteiger partial charge in [0.2, 0.25) is 11.5 Å². The van der Waals surface area contributed by atoms with E-state index in [1.807, 2.05) is 19.2 Å². The maximum absolute atomic E-state index is 6.04. The lowest BCUT2D eigenvalue weighted by atomic mass is 9.79. The van der Waals surface area contributed by atoms with Gasteiger partial charge in [0.05, 0.1) is 42.7 Å². The molecule has 0 aliphatic heterocycles. The molecule has 0 saturated heterocycles. The van der Waals surface area contributed by atoms with Crippen LogP contribution in [0.4, 0.5) is 0 Å². The summed E-state index contributed by atoms with van der Waals surface area (Å²) in [5, 5.41) is 3.48. The van der Waals surface area contributed by atoms with E-state index in [0.29, 0.717) is 29.5 Å². The predicted molar refractivity (Wildman–Crippen MR) is 151 cm³/mol. The molecule has 38 heavy (non-hydrogen) atoms. The van der Waals surface area contributed by atoms with Gasteiger partial charge in [0, 0.05) is 17.5 Å². The highest BCUT2D eigenvalue weighted by Crippen LogP contribution is 2.47. The average molecular weight is 531 g/mol. The Morgan fingerprint density at radius 3 is 1.29 bits per heavy atom. The Labute approximate surface area is 228 Å². The van der Waals surface area contributed by atoms with E-state index in [2.05, 4.69) is 17.4 Å². The Balaban J connectivity index is 0.000000211. The molecule has 0 radical (unpaired) electrons. The van der Waals surface area contributed by atoms with Crippen LogP contribution >= 0.6 is 0 Å². The van der Waals surface area contributed by atoms with E-state index in [9.17, 15) is 0 Å². The van der Waals surface area contributed by atoms with Crippen molar-refractivity contribution < 1.29 is 28.4 Å². The Morgan fingerprint density at radius 2 is 0.974 bits per heavy atom. The minimum absolute atomic E-state index is 0.0346. The lowest BCUT2D eigenvalue weighted by molar-refractivity contribution is 0.317. The number of hydrogen-bond acceptors (Lipinski definition) is 8. The molecule has 2 aromatic rings. The molecule has 0 atom stereocenters. The van der Waals surface area contributed by atoms with Crippen LogP contribution in [0.15, 0.2) is 24.3 Å². The van der Waals surface area contributed by atoms with Gasteiger partial charge in [-0.15, -0.1) is 0 Å². The molecular formula is C30H46N2O6. The summed E-state index contributed by atoms with van der Waals surface area (Å²) >= 11 is 0. The standard InChI is InChI=1S/2C15H23NO3/c1-16-15(7-5-6-8-15)11-9-12(17-2)14(19-4)13(10-11)18-3;1-17-12-8-11(9-13(18-2)14(12)19-3)15(10-16)6-4-5-7-15/h9-10,16H,5-8H2,1-4H3;8-9H,4-7,10,16H2,1-3H3. The van der Waals surface area contributed by atoms with Gasteiger partial charge < -0.3 is 39.5 Å². The number of methoxy groups -OCH3 is 6. The summed E-state index contributed by atoms with van der Waals surface area (Å²) in [6, 6.07) is 8.20. The van der Waals surface area contributed by atoms with Gasteiger partial charge in [0.25, 0.3) is 0 Å². The number of ether oxygens (including phenoxy) is 6. The molecule has 2 aliphatic carbocycles. The Kier molecular flexibility index (Phi) is 10.4. The van der Waals surface area contributed by atoms with E-state index in [4.69, 9.17) is 34.2 Å². The molecule has 8 heteroatoms. The van der Waals surface area contributed by atoms with E-state index in [1.165, 1.54) is 36.8 Å². The van der Waals surface area contributed by atoms with Crippen LogP contribution < -0.4 is 39.5 Å². The highest BCUT2D eigenvalue weighted by molar-refractivity contribution is 5.56. The van der Waals surface area contributed by atoms with Crippen LogP contribution in [0.2, 0.25) is 0 Å². The largest absolute Gasteiger partial charge is 0.493 e. The first-order valence-corrected chi connectivity index (χ1v) is 13.4. The van der Waals surface area contributed by atoms with Crippen molar-refractivity contribution in [2.24, 2.45) is 5.73 Å². The Hall–Kier alpha value is -2.84. The number of benzene rings is 2. The van der Waals surface area contributed by atoms with E-state index < -0.39 is 0 Å². The minimum Gasteiger partial charge on any atom is -0.493 e. The third-order valence-corrected chi connectivity index (χ3v) is 8.38. The first kappa shape index (κ1) is 29.7. The van der Waals surface area contributed by atoms with Crippen LogP contribution in [0.25, 0.3) is 0 Å². The molecule has 0 unspecified atom stereocenters. The monoisotopic (exact) mass is 530 g/mol. The van der Waals surface area contributed by atoms with Crippen LogP contribution in [0.5, 0.6) is 34.5 Å². The van der Waals surface area contributed by atoms with Crippen LogP contribution in [0.3, 0.4) is 0 Å². The minimum atomic E-state index is 0.0346. The van der Waals surface area contributed by atoms with Gasteiger partial charge in [-0.25, -0.2) is 0 Å². The van der Waals surface area contributed by atoms with Gasteiger partial charge in [-0.05, 0) is 68.1 Å². The van der Waals surface area contributed by atoms with Crippen LogP contribution in [-0.4, -0.2) is 56.3 Å². The molecular weight excluding hydrogens is 484 g/mol. The van der Waals surface area contributed by atoms with Gasteiger partial charge >= 0.3 is 0 Å². The summed E-state index contributed by atoms with van der Waals surface area (Å²) in [5.41, 5.74) is 8.54. The smallest absolute Gasteiger partial charge is 0.203 e. The number of rotatable bonds is 10. The topological polar surface area (TPSA) is 93.4 Å². The third-order valence-electron chi connectivity index (χ3n) is 8.38. The first-order valence-electron chi connectivity index (χ1n) is 13.4. The van der Waals surface area contributed by atoms with E-state index in [1.54, 1.807) is 42.7 Å². The molecule has 4 rings (SSSR count). The van der Waals surface area contributed by atoms with Gasteiger partial charge in [-0.2, -0.15) is 0 Å². The second-order valence-electron chi connectivity index (χ2n) is 10.1. The fraction of sp³-hybridized carbons (Fsp3) is 0.600. The van der Waals surface area contributed by atoms with E-state index in [0.717, 1.165) is 37.2 Å². The van der Waals surface area contributed by atoms with Gasteiger partial charge in [0.1, 0.15) is 0 Å². The predicted octanol–water partition coefficient (Wildman–Crippen LogP) is 5.18. The van der Waals surface area contributed by atoms with Crippen molar-refractivity contribution in [2.75, 3.05) is 56.3 Å². The lowest BCUT2D eigenvalue weighted by Gasteiger charge is -2.30. The highest BCUT2D eigenvalue weighted by atomic mass is 16.5. The summed E-state index contributed by atoms with van der Waals surface area (Å²) in [7, 11) is 11.9. The SMILES string of the molecule is CNC1(c2cc(OC)c(OC)c(OC)c2)CCCC1.COc1cc(C2(CN)CCCC2)cc(OC)c1OC. The van der Waals surface area contributed by atoms with Gasteiger partial charge in [-0.1, -0.05) is 25.7 Å². The zero-order valence-corrected chi connectivity index (χ0v) is 24.2. The van der Waals surface area contributed by atoms with Gasteiger partial charge in [0.15, 0.2) is 23.0 Å². The van der Waals surface area contributed by atoms with Crippen LogP contribution in [0.1, 0.15) is 62.5 Å². The highest BCUT2D eigenvalue weighted by Gasteiger charge is 2.36. The van der Waals surface area contributed by atoms with Crippen molar-refractivity contribution >= 4 is 0 Å². The zero-order valence-electron chi connectivity index (χ0n) is 24.2. The molecule has 2 fully saturated rings. The molecule has 0 amide bonds. The molecule has 0 spiro atoms. The second kappa shape index (κ2) is 13.3. The summed E-state index contributed by atoms with van der Waals surface area (Å²) in [6.07, 6.45) is 9.49. The average Bonchev–Trinajstić information content (AvgIpc) is 3.67. The van der Waals surface area contributed by atoms with Crippen LogP contribution in [0, 0.1) is 0 Å². The van der Waals surface area contributed by atoms with Crippen LogP contribution in [-0.2, 0) is 11.0 Å². The summed E-state index contributed by atoms with van der Waals surface area (Å²) in [5.74, 6) is 4.14. The molecule has 2 saturated carbocycles. The van der Waals surface area contributed by atoms with E-state index >= 15 is 0 Å². The maximum atomic E-state index is 6.04. The molecule has 0 bridgehead atoms. The molecule has 2 aliphatic rings. The van der Waals surface area contributed by atoms with Crippen molar-refractivity contribution in [1.82, 2.24) is 5.32 Å². The molecule has 0 aromatic heterocycles. The quantitative estimate of drug-likeness (QED) is 0.434. The van der Waals surface area contributed by atoms with E-state index in [-0.39, 0.29) is 11.0 Å². The molecule has 3 N–H and O–H groups in total. The molecule has 8 nitrogen and oxygen atoms in total. The molecule has 212 valence electrons. The summed E-state index contributed by atoms with van der Waals surface area (Å²) in [6.45, 7) is 0.658. The Bertz CT molecular complexity index is 912. The summed E-state index contributed by atoms with van der Waals surface area (Å²) < 4.78 is 32.4. The lowest BCUT2D eigenvalue weighted by Crippen LogP contribution is -2.37. The van der Waals surface area contributed by atoms with Crippen molar-refractivity contribution in [1.29, 1.82) is 0 Å². The number of nitrogens with two attached hydrogens (primary N) is 1. The normalized spacial score (nSPS) is 17.3. The molecule has 2 aromatic carbocycles. The molecule has 0 heterocycles.